The van der Waals surface area contributed by atoms with Crippen molar-refractivity contribution in [3.05, 3.63) is 0 Å². The Morgan fingerprint density at radius 2 is 2.38 bits per heavy atom. The summed E-state index contributed by atoms with van der Waals surface area (Å²) in [6.45, 7) is 4.92. The molecular formula is C11H20N2O3. The molecule has 0 saturated carbocycles. The molecule has 5 nitrogen and oxygen atoms in total. The number of amides is 1. The predicted molar refractivity (Wildman–Crippen MR) is 59.0 cm³/mol. The molecule has 0 aliphatic carbocycles. The standard InChI is InChI=1S/C11H20N2O3/c1-2-9-7-13(4-6-16-9)10(14)11(12)3-5-15-8-11/h9H,2-8,12H2,1H3. The van der Waals surface area contributed by atoms with Crippen LogP contribution in [0, 0.1) is 0 Å². The molecule has 2 aliphatic heterocycles. The maximum absolute atomic E-state index is 12.2. The zero-order valence-electron chi connectivity index (χ0n) is 9.78. The van der Waals surface area contributed by atoms with Crippen LogP contribution < -0.4 is 5.73 Å². The molecule has 0 aromatic carbocycles. The van der Waals surface area contributed by atoms with Gasteiger partial charge in [-0.05, 0) is 12.8 Å². The van der Waals surface area contributed by atoms with E-state index >= 15 is 0 Å². The van der Waals surface area contributed by atoms with Crippen LogP contribution in [0.5, 0.6) is 0 Å². The summed E-state index contributed by atoms with van der Waals surface area (Å²) >= 11 is 0. The average Bonchev–Trinajstić information content (AvgIpc) is 2.76. The fraction of sp³-hybridized carbons (Fsp3) is 0.909. The van der Waals surface area contributed by atoms with Crippen LogP contribution in [-0.2, 0) is 14.3 Å². The van der Waals surface area contributed by atoms with Gasteiger partial charge in [-0.1, -0.05) is 6.92 Å². The van der Waals surface area contributed by atoms with Gasteiger partial charge in [0.05, 0.1) is 19.3 Å². The molecule has 2 atom stereocenters. The maximum Gasteiger partial charge on any atom is 0.245 e. The van der Waals surface area contributed by atoms with Crippen LogP contribution in [0.25, 0.3) is 0 Å². The Kier molecular flexibility index (Phi) is 3.47. The van der Waals surface area contributed by atoms with Crippen LogP contribution in [0.3, 0.4) is 0 Å². The lowest BCUT2D eigenvalue weighted by molar-refractivity contribution is -0.144. The minimum atomic E-state index is -0.796. The zero-order chi connectivity index (χ0) is 11.6. The largest absolute Gasteiger partial charge is 0.379 e. The molecule has 0 aromatic rings. The number of nitrogens with two attached hydrogens (primary N) is 1. The Hall–Kier alpha value is -0.650. The van der Waals surface area contributed by atoms with Gasteiger partial charge >= 0.3 is 0 Å². The van der Waals surface area contributed by atoms with Gasteiger partial charge in [0.2, 0.25) is 5.91 Å². The zero-order valence-corrected chi connectivity index (χ0v) is 9.78. The number of carbonyl (C=O) groups is 1. The van der Waals surface area contributed by atoms with E-state index in [0.29, 0.717) is 39.3 Å². The molecule has 0 bridgehead atoms. The number of ether oxygens (including phenoxy) is 2. The highest BCUT2D eigenvalue weighted by Gasteiger charge is 2.42. The molecule has 0 radical (unpaired) electrons. The van der Waals surface area contributed by atoms with Gasteiger partial charge in [-0.25, -0.2) is 0 Å². The second-order valence-electron chi connectivity index (χ2n) is 4.61. The van der Waals surface area contributed by atoms with E-state index in [9.17, 15) is 4.79 Å². The van der Waals surface area contributed by atoms with E-state index in [0.717, 1.165) is 6.42 Å². The summed E-state index contributed by atoms with van der Waals surface area (Å²) in [5.74, 6) is 0.0201. The fourth-order valence-corrected chi connectivity index (χ4v) is 2.22. The quantitative estimate of drug-likeness (QED) is 0.707. The summed E-state index contributed by atoms with van der Waals surface area (Å²) in [6, 6.07) is 0. The summed E-state index contributed by atoms with van der Waals surface area (Å²) in [7, 11) is 0. The number of nitrogens with zero attached hydrogens (tertiary/aromatic N) is 1. The molecule has 1 amide bonds. The predicted octanol–water partition coefficient (Wildman–Crippen LogP) is -0.258. The fourth-order valence-electron chi connectivity index (χ4n) is 2.22. The molecule has 16 heavy (non-hydrogen) atoms. The van der Waals surface area contributed by atoms with Crippen molar-refractivity contribution in [2.45, 2.75) is 31.4 Å². The van der Waals surface area contributed by atoms with E-state index < -0.39 is 5.54 Å². The van der Waals surface area contributed by atoms with Crippen LogP contribution in [-0.4, -0.2) is 55.4 Å². The third-order valence-electron chi connectivity index (χ3n) is 3.36. The van der Waals surface area contributed by atoms with Crippen molar-refractivity contribution in [1.29, 1.82) is 0 Å². The first kappa shape index (κ1) is 11.8. The van der Waals surface area contributed by atoms with Crippen molar-refractivity contribution >= 4 is 5.91 Å². The first-order valence-corrected chi connectivity index (χ1v) is 5.93. The number of hydrogen-bond donors (Lipinski definition) is 1. The number of rotatable bonds is 2. The highest BCUT2D eigenvalue weighted by atomic mass is 16.5. The third kappa shape index (κ3) is 2.21. The first-order valence-electron chi connectivity index (χ1n) is 5.93. The second kappa shape index (κ2) is 4.69. The minimum absolute atomic E-state index is 0.0201. The highest BCUT2D eigenvalue weighted by molar-refractivity contribution is 5.86. The van der Waals surface area contributed by atoms with Crippen LogP contribution in [0.2, 0.25) is 0 Å². The summed E-state index contributed by atoms with van der Waals surface area (Å²) in [4.78, 5) is 14.1. The number of morpholine rings is 1. The van der Waals surface area contributed by atoms with E-state index in [1.165, 1.54) is 0 Å². The number of carbonyl (C=O) groups excluding carboxylic acids is 1. The molecule has 2 saturated heterocycles. The average molecular weight is 228 g/mol. The van der Waals surface area contributed by atoms with Crippen molar-refractivity contribution in [3.8, 4) is 0 Å². The molecule has 0 spiro atoms. The molecule has 5 heteroatoms. The van der Waals surface area contributed by atoms with Crippen molar-refractivity contribution in [3.63, 3.8) is 0 Å². The lowest BCUT2D eigenvalue weighted by atomic mass is 9.97. The van der Waals surface area contributed by atoms with Gasteiger partial charge in [0.15, 0.2) is 0 Å². The minimum Gasteiger partial charge on any atom is -0.379 e. The molecule has 92 valence electrons. The Bertz CT molecular complexity index is 264. The molecule has 2 aliphatic rings. The van der Waals surface area contributed by atoms with Crippen molar-refractivity contribution in [2.75, 3.05) is 32.9 Å². The van der Waals surface area contributed by atoms with Gasteiger partial charge in [-0.15, -0.1) is 0 Å². The van der Waals surface area contributed by atoms with Gasteiger partial charge in [-0.3, -0.25) is 4.79 Å². The van der Waals surface area contributed by atoms with Crippen molar-refractivity contribution in [2.24, 2.45) is 5.73 Å². The van der Waals surface area contributed by atoms with Crippen LogP contribution in [0.4, 0.5) is 0 Å². The molecular weight excluding hydrogens is 208 g/mol. The molecule has 2 heterocycles. The normalized spacial score (nSPS) is 35.4. The summed E-state index contributed by atoms with van der Waals surface area (Å²) < 4.78 is 10.8. The summed E-state index contributed by atoms with van der Waals surface area (Å²) in [5.41, 5.74) is 5.27. The molecule has 2 fully saturated rings. The highest BCUT2D eigenvalue weighted by Crippen LogP contribution is 2.20. The van der Waals surface area contributed by atoms with Gasteiger partial charge in [0.25, 0.3) is 0 Å². The van der Waals surface area contributed by atoms with E-state index in [4.69, 9.17) is 15.2 Å². The number of hydrogen-bond acceptors (Lipinski definition) is 4. The van der Waals surface area contributed by atoms with E-state index in [1.54, 1.807) is 0 Å². The Labute approximate surface area is 95.9 Å². The van der Waals surface area contributed by atoms with Gasteiger partial charge in [0, 0.05) is 19.7 Å². The van der Waals surface area contributed by atoms with E-state index in [2.05, 4.69) is 6.92 Å². The lowest BCUT2D eigenvalue weighted by Gasteiger charge is -2.36. The monoisotopic (exact) mass is 228 g/mol. The Balaban J connectivity index is 1.98. The molecule has 2 N–H and O–H groups in total. The summed E-state index contributed by atoms with van der Waals surface area (Å²) in [6.07, 6.45) is 1.71. The van der Waals surface area contributed by atoms with Gasteiger partial charge in [0.1, 0.15) is 5.54 Å². The SMILES string of the molecule is CCC1CN(C(=O)C2(N)CCOC2)CCO1. The van der Waals surface area contributed by atoms with Crippen LogP contribution >= 0.6 is 0 Å². The lowest BCUT2D eigenvalue weighted by Crippen LogP contribution is -2.59. The second-order valence-corrected chi connectivity index (χ2v) is 4.61. The topological polar surface area (TPSA) is 64.8 Å². The van der Waals surface area contributed by atoms with Crippen LogP contribution in [0.15, 0.2) is 0 Å². The summed E-state index contributed by atoms with van der Waals surface area (Å²) in [5, 5.41) is 0. The Morgan fingerprint density at radius 3 is 3.00 bits per heavy atom. The maximum atomic E-state index is 12.2. The third-order valence-corrected chi connectivity index (χ3v) is 3.36. The smallest absolute Gasteiger partial charge is 0.245 e. The molecule has 0 aromatic heterocycles. The van der Waals surface area contributed by atoms with Gasteiger partial charge in [-0.2, -0.15) is 0 Å². The van der Waals surface area contributed by atoms with E-state index in [-0.39, 0.29) is 12.0 Å². The molecule has 2 unspecified atom stereocenters. The van der Waals surface area contributed by atoms with Crippen molar-refractivity contribution < 1.29 is 14.3 Å². The molecule has 2 rings (SSSR count). The van der Waals surface area contributed by atoms with Crippen molar-refractivity contribution in [1.82, 2.24) is 4.90 Å². The van der Waals surface area contributed by atoms with E-state index in [1.807, 2.05) is 4.90 Å². The first-order chi connectivity index (χ1) is 7.65. The van der Waals surface area contributed by atoms with Crippen LogP contribution in [0.1, 0.15) is 19.8 Å². The Morgan fingerprint density at radius 1 is 1.56 bits per heavy atom. The van der Waals surface area contributed by atoms with Gasteiger partial charge < -0.3 is 20.1 Å².